The largest absolute Gasteiger partial charge is 0.365 e. The normalized spacial score (nSPS) is 11.1. The lowest BCUT2D eigenvalue weighted by molar-refractivity contribution is 0.100. The van der Waals surface area contributed by atoms with Crippen molar-refractivity contribution in [3.05, 3.63) is 23.7 Å². The number of H-pyrrole nitrogens is 1. The first-order valence-corrected chi connectivity index (χ1v) is 4.73. The van der Waals surface area contributed by atoms with Crippen LogP contribution in [0.25, 0.3) is 11.2 Å². The summed E-state index contributed by atoms with van der Waals surface area (Å²) in [5, 5.41) is 0. The van der Waals surface area contributed by atoms with Crippen LogP contribution in [0.5, 0.6) is 0 Å². The van der Waals surface area contributed by atoms with Crippen LogP contribution < -0.4 is 5.73 Å². The maximum absolute atomic E-state index is 11.1. The third-order valence-corrected chi connectivity index (χ3v) is 2.26. The summed E-state index contributed by atoms with van der Waals surface area (Å²) in [6.07, 6.45) is 3.24. The lowest BCUT2D eigenvalue weighted by Crippen LogP contribution is -2.10. The van der Waals surface area contributed by atoms with Gasteiger partial charge in [0.05, 0.1) is 17.5 Å². The third kappa shape index (κ3) is 1.56. The third-order valence-electron chi connectivity index (χ3n) is 2.26. The van der Waals surface area contributed by atoms with Crippen LogP contribution in [0.15, 0.2) is 12.4 Å². The molecule has 2 rings (SSSR count). The minimum atomic E-state index is -0.489. The van der Waals surface area contributed by atoms with Crippen molar-refractivity contribution in [1.82, 2.24) is 15.0 Å². The van der Waals surface area contributed by atoms with Crippen molar-refractivity contribution < 1.29 is 4.79 Å². The van der Waals surface area contributed by atoms with Crippen LogP contribution in [0.4, 0.5) is 0 Å². The minimum absolute atomic E-state index is 0.275. The van der Waals surface area contributed by atoms with E-state index in [1.807, 2.05) is 13.8 Å². The standard InChI is InChI=1S/C10H12N4O/c1-5(2)7-4-13-10-8(14-7)6(3-12-10)9(11)15/h3-5H,1-2H3,(H2,11,15)(H,12,13). The highest BCUT2D eigenvalue weighted by Gasteiger charge is 2.12. The zero-order valence-electron chi connectivity index (χ0n) is 8.61. The summed E-state index contributed by atoms with van der Waals surface area (Å²) >= 11 is 0. The number of primary amides is 1. The molecule has 0 unspecified atom stereocenters. The van der Waals surface area contributed by atoms with Crippen LogP contribution in [0.3, 0.4) is 0 Å². The Balaban J connectivity index is 2.66. The van der Waals surface area contributed by atoms with Crippen LogP contribution in [-0.4, -0.2) is 20.9 Å². The molecule has 15 heavy (non-hydrogen) atoms. The molecule has 0 fully saturated rings. The monoisotopic (exact) mass is 204 g/mol. The second kappa shape index (κ2) is 3.34. The van der Waals surface area contributed by atoms with Crippen molar-refractivity contribution in [2.45, 2.75) is 19.8 Å². The van der Waals surface area contributed by atoms with Crippen molar-refractivity contribution >= 4 is 17.1 Å². The number of nitrogens with one attached hydrogen (secondary N) is 1. The molecule has 0 atom stereocenters. The fourth-order valence-corrected chi connectivity index (χ4v) is 1.37. The number of fused-ring (bicyclic) bond motifs is 1. The number of amides is 1. The van der Waals surface area contributed by atoms with Gasteiger partial charge in [0.1, 0.15) is 5.52 Å². The molecule has 2 heterocycles. The molecule has 0 aliphatic heterocycles. The molecule has 0 bridgehead atoms. The van der Waals surface area contributed by atoms with Crippen molar-refractivity contribution in [3.63, 3.8) is 0 Å². The van der Waals surface area contributed by atoms with Crippen LogP contribution >= 0.6 is 0 Å². The summed E-state index contributed by atoms with van der Waals surface area (Å²) in [6.45, 7) is 4.04. The first-order chi connectivity index (χ1) is 7.09. The molecule has 0 radical (unpaired) electrons. The summed E-state index contributed by atoms with van der Waals surface area (Å²) in [5.74, 6) is -0.214. The molecular weight excluding hydrogens is 192 g/mol. The second-order valence-corrected chi connectivity index (χ2v) is 3.71. The summed E-state index contributed by atoms with van der Waals surface area (Å²) in [7, 11) is 0. The van der Waals surface area contributed by atoms with E-state index in [1.165, 1.54) is 6.20 Å². The van der Waals surface area contributed by atoms with Crippen molar-refractivity contribution in [3.8, 4) is 0 Å². The summed E-state index contributed by atoms with van der Waals surface area (Å²) in [4.78, 5) is 22.5. The van der Waals surface area contributed by atoms with E-state index in [1.54, 1.807) is 6.20 Å². The Kier molecular flexibility index (Phi) is 2.15. The van der Waals surface area contributed by atoms with Gasteiger partial charge in [0.15, 0.2) is 5.65 Å². The van der Waals surface area contributed by atoms with Gasteiger partial charge in [0, 0.05) is 6.20 Å². The predicted molar refractivity (Wildman–Crippen MR) is 56.5 cm³/mol. The van der Waals surface area contributed by atoms with Gasteiger partial charge < -0.3 is 10.7 Å². The van der Waals surface area contributed by atoms with Gasteiger partial charge in [-0.1, -0.05) is 13.8 Å². The summed E-state index contributed by atoms with van der Waals surface area (Å²) in [6, 6.07) is 0. The molecule has 2 aromatic heterocycles. The van der Waals surface area contributed by atoms with Gasteiger partial charge in [0.25, 0.3) is 5.91 Å². The lowest BCUT2D eigenvalue weighted by Gasteiger charge is -2.02. The summed E-state index contributed by atoms with van der Waals surface area (Å²) < 4.78 is 0. The zero-order chi connectivity index (χ0) is 11.0. The highest BCUT2D eigenvalue weighted by atomic mass is 16.1. The molecule has 0 spiro atoms. The van der Waals surface area contributed by atoms with E-state index in [-0.39, 0.29) is 5.92 Å². The number of carbonyl (C=O) groups excluding carboxylic acids is 1. The van der Waals surface area contributed by atoms with E-state index < -0.39 is 5.91 Å². The van der Waals surface area contributed by atoms with E-state index >= 15 is 0 Å². The minimum Gasteiger partial charge on any atom is -0.365 e. The van der Waals surface area contributed by atoms with Gasteiger partial charge in [0.2, 0.25) is 0 Å². The number of nitrogens with zero attached hydrogens (tertiary/aromatic N) is 2. The number of aromatic amines is 1. The molecule has 1 amide bonds. The van der Waals surface area contributed by atoms with Gasteiger partial charge in [-0.15, -0.1) is 0 Å². The van der Waals surface area contributed by atoms with E-state index in [0.717, 1.165) is 5.69 Å². The van der Waals surface area contributed by atoms with Gasteiger partial charge in [-0.2, -0.15) is 0 Å². The maximum Gasteiger partial charge on any atom is 0.252 e. The van der Waals surface area contributed by atoms with Gasteiger partial charge in [-0.05, 0) is 5.92 Å². The Bertz CT molecular complexity index is 515. The Morgan fingerprint density at radius 1 is 1.53 bits per heavy atom. The Labute approximate surface area is 86.7 Å². The van der Waals surface area contributed by atoms with Gasteiger partial charge in [-0.3, -0.25) is 4.79 Å². The topological polar surface area (TPSA) is 84.7 Å². The second-order valence-electron chi connectivity index (χ2n) is 3.71. The number of nitrogens with two attached hydrogens (primary N) is 1. The van der Waals surface area contributed by atoms with Crippen molar-refractivity contribution in [2.24, 2.45) is 5.73 Å². The molecule has 3 N–H and O–H groups in total. The first-order valence-electron chi connectivity index (χ1n) is 4.73. The molecule has 0 saturated heterocycles. The molecule has 0 aliphatic rings. The fraction of sp³-hybridized carbons (Fsp3) is 0.300. The van der Waals surface area contributed by atoms with Crippen LogP contribution in [0.2, 0.25) is 0 Å². The lowest BCUT2D eigenvalue weighted by atomic mass is 10.1. The highest BCUT2D eigenvalue weighted by molar-refractivity contribution is 6.03. The number of hydrogen-bond donors (Lipinski definition) is 2. The molecule has 2 aromatic rings. The Morgan fingerprint density at radius 2 is 2.27 bits per heavy atom. The highest BCUT2D eigenvalue weighted by Crippen LogP contribution is 2.17. The van der Waals surface area contributed by atoms with Crippen LogP contribution in [0.1, 0.15) is 35.8 Å². The average Bonchev–Trinajstić information content (AvgIpc) is 2.59. The van der Waals surface area contributed by atoms with Crippen LogP contribution in [0, 0.1) is 0 Å². The zero-order valence-corrected chi connectivity index (χ0v) is 8.61. The predicted octanol–water partition coefficient (Wildman–Crippen LogP) is 1.18. The SMILES string of the molecule is CC(C)c1cnc2[nH]cc(C(N)=O)c2n1. The molecule has 78 valence electrons. The van der Waals surface area contributed by atoms with E-state index in [9.17, 15) is 4.79 Å². The molecular formula is C10H12N4O. The fourth-order valence-electron chi connectivity index (χ4n) is 1.37. The van der Waals surface area contributed by atoms with E-state index in [4.69, 9.17) is 5.73 Å². The van der Waals surface area contributed by atoms with Gasteiger partial charge in [-0.25, -0.2) is 9.97 Å². The smallest absolute Gasteiger partial charge is 0.252 e. The molecule has 0 aliphatic carbocycles. The van der Waals surface area contributed by atoms with Crippen LogP contribution in [-0.2, 0) is 0 Å². The summed E-state index contributed by atoms with van der Waals surface area (Å²) in [5.41, 5.74) is 7.60. The Morgan fingerprint density at radius 3 is 2.87 bits per heavy atom. The number of aromatic nitrogens is 3. The number of rotatable bonds is 2. The average molecular weight is 204 g/mol. The van der Waals surface area contributed by atoms with Gasteiger partial charge >= 0.3 is 0 Å². The number of carbonyl (C=O) groups is 1. The molecule has 0 aromatic carbocycles. The number of hydrogen-bond acceptors (Lipinski definition) is 3. The molecule has 0 saturated carbocycles. The van der Waals surface area contributed by atoms with Crippen molar-refractivity contribution in [2.75, 3.05) is 0 Å². The van der Waals surface area contributed by atoms with E-state index in [0.29, 0.717) is 16.7 Å². The quantitative estimate of drug-likeness (QED) is 0.770. The molecule has 5 nitrogen and oxygen atoms in total. The van der Waals surface area contributed by atoms with Crippen molar-refractivity contribution in [1.29, 1.82) is 0 Å². The Hall–Kier alpha value is -1.91. The maximum atomic E-state index is 11.1. The first kappa shape index (κ1) is 9.64. The van der Waals surface area contributed by atoms with E-state index in [2.05, 4.69) is 15.0 Å². The molecule has 5 heteroatoms.